The Morgan fingerprint density at radius 1 is 1.29 bits per heavy atom. The number of rotatable bonds is 3. The van der Waals surface area contributed by atoms with E-state index in [1.807, 2.05) is 41.1 Å². The molecule has 0 aliphatic rings. The van der Waals surface area contributed by atoms with Crippen molar-refractivity contribution in [3.05, 3.63) is 63.2 Å². The summed E-state index contributed by atoms with van der Waals surface area (Å²) in [4.78, 5) is 0. The minimum atomic E-state index is 0.621. The second-order valence-electron chi connectivity index (χ2n) is 4.71. The van der Waals surface area contributed by atoms with Crippen LogP contribution in [0.25, 0.3) is 10.9 Å². The van der Waals surface area contributed by atoms with Crippen LogP contribution < -0.4 is 0 Å². The second kappa shape index (κ2) is 5.88. The first-order chi connectivity index (χ1) is 10.2. The molecule has 0 aliphatic heterocycles. The maximum atomic E-state index is 9.30. The average molecular weight is 361 g/mol. The van der Waals surface area contributed by atoms with E-state index in [4.69, 9.17) is 11.6 Å². The van der Waals surface area contributed by atoms with Crippen molar-refractivity contribution >= 4 is 38.4 Å². The van der Waals surface area contributed by atoms with Crippen molar-refractivity contribution in [2.45, 2.75) is 13.0 Å². The summed E-state index contributed by atoms with van der Waals surface area (Å²) >= 11 is 9.59. The summed E-state index contributed by atoms with van der Waals surface area (Å²) in [6.07, 6.45) is 2.56. The summed E-state index contributed by atoms with van der Waals surface area (Å²) in [5.74, 6) is 0. The van der Waals surface area contributed by atoms with Gasteiger partial charge in [-0.1, -0.05) is 45.7 Å². The van der Waals surface area contributed by atoms with Crippen molar-refractivity contribution in [1.82, 2.24) is 9.78 Å². The fourth-order valence-electron chi connectivity index (χ4n) is 2.38. The molecule has 0 saturated heterocycles. The highest BCUT2D eigenvalue weighted by Crippen LogP contribution is 2.24. The molecular weight excluding hydrogens is 350 g/mol. The Morgan fingerprint density at radius 3 is 2.86 bits per heavy atom. The third-order valence-electron chi connectivity index (χ3n) is 3.37. The number of nitrogens with zero attached hydrogens (tertiary/aromatic N) is 3. The van der Waals surface area contributed by atoms with E-state index in [1.54, 1.807) is 6.20 Å². The first-order valence-corrected chi connectivity index (χ1v) is 7.64. The van der Waals surface area contributed by atoms with Crippen LogP contribution in [0.4, 0.5) is 0 Å². The van der Waals surface area contributed by atoms with E-state index in [9.17, 15) is 5.26 Å². The molecule has 1 aromatic heterocycles. The lowest BCUT2D eigenvalue weighted by molar-refractivity contribution is 0.635. The van der Waals surface area contributed by atoms with E-state index in [0.29, 0.717) is 12.1 Å². The molecule has 0 aliphatic carbocycles. The van der Waals surface area contributed by atoms with Gasteiger partial charge in [-0.05, 0) is 30.2 Å². The molecule has 0 spiro atoms. The fraction of sp³-hybridized carbons (Fsp3) is 0.125. The molecule has 0 unspecified atom stereocenters. The molecule has 0 amide bonds. The standard InChI is InChI=1S/C16H11BrClN3/c17-14-7-12(9-19)16-13(8-14)10-20-21(16)6-5-11-3-1-2-4-15(11)18/h1-4,7-8,10H,5-6H2. The summed E-state index contributed by atoms with van der Waals surface area (Å²) in [5.41, 5.74) is 2.57. The summed E-state index contributed by atoms with van der Waals surface area (Å²) in [7, 11) is 0. The zero-order valence-electron chi connectivity index (χ0n) is 11.1. The van der Waals surface area contributed by atoms with Gasteiger partial charge in [0.15, 0.2) is 0 Å². The van der Waals surface area contributed by atoms with Crippen molar-refractivity contribution in [2.24, 2.45) is 0 Å². The molecule has 5 heteroatoms. The Morgan fingerprint density at radius 2 is 2.10 bits per heavy atom. The van der Waals surface area contributed by atoms with Crippen molar-refractivity contribution in [3.8, 4) is 6.07 Å². The van der Waals surface area contributed by atoms with Gasteiger partial charge in [-0.2, -0.15) is 10.4 Å². The van der Waals surface area contributed by atoms with Crippen molar-refractivity contribution in [3.63, 3.8) is 0 Å². The molecular formula is C16H11BrClN3. The first kappa shape index (κ1) is 14.1. The Bertz CT molecular complexity index is 848. The van der Waals surface area contributed by atoms with Crippen LogP contribution in [-0.2, 0) is 13.0 Å². The van der Waals surface area contributed by atoms with Crippen LogP contribution in [0.15, 0.2) is 47.1 Å². The van der Waals surface area contributed by atoms with E-state index in [-0.39, 0.29) is 0 Å². The first-order valence-electron chi connectivity index (χ1n) is 6.47. The smallest absolute Gasteiger partial charge is 0.101 e. The number of nitriles is 1. The van der Waals surface area contributed by atoms with Crippen LogP contribution in [-0.4, -0.2) is 9.78 Å². The number of hydrogen-bond acceptors (Lipinski definition) is 2. The second-order valence-corrected chi connectivity index (χ2v) is 6.03. The van der Waals surface area contributed by atoms with Crippen LogP contribution in [0.1, 0.15) is 11.1 Å². The summed E-state index contributed by atoms with van der Waals surface area (Å²) in [6, 6.07) is 13.8. The van der Waals surface area contributed by atoms with Gasteiger partial charge in [0.2, 0.25) is 0 Å². The number of aromatic nitrogens is 2. The Kier molecular flexibility index (Phi) is 3.96. The molecule has 21 heavy (non-hydrogen) atoms. The Balaban J connectivity index is 1.95. The van der Waals surface area contributed by atoms with Gasteiger partial charge in [0.05, 0.1) is 17.3 Å². The molecule has 0 saturated carbocycles. The normalized spacial score (nSPS) is 10.7. The van der Waals surface area contributed by atoms with Crippen LogP contribution in [0.5, 0.6) is 0 Å². The quantitative estimate of drug-likeness (QED) is 0.686. The van der Waals surface area contributed by atoms with Gasteiger partial charge in [-0.3, -0.25) is 4.68 Å². The lowest BCUT2D eigenvalue weighted by Crippen LogP contribution is -2.04. The molecule has 104 valence electrons. The minimum absolute atomic E-state index is 0.621. The molecule has 0 atom stereocenters. The molecule has 0 fully saturated rings. The maximum Gasteiger partial charge on any atom is 0.101 e. The highest BCUT2D eigenvalue weighted by atomic mass is 79.9. The van der Waals surface area contributed by atoms with E-state index >= 15 is 0 Å². The summed E-state index contributed by atoms with van der Waals surface area (Å²) in [5, 5.41) is 15.4. The van der Waals surface area contributed by atoms with Gasteiger partial charge in [0, 0.05) is 21.4 Å². The molecule has 1 heterocycles. The topological polar surface area (TPSA) is 41.6 Å². The zero-order valence-corrected chi connectivity index (χ0v) is 13.4. The third kappa shape index (κ3) is 2.80. The summed E-state index contributed by atoms with van der Waals surface area (Å²) < 4.78 is 2.75. The summed E-state index contributed by atoms with van der Waals surface area (Å²) in [6.45, 7) is 0.684. The number of benzene rings is 2. The SMILES string of the molecule is N#Cc1cc(Br)cc2cnn(CCc3ccccc3Cl)c12. The number of aryl methyl sites for hydroxylation is 2. The van der Waals surface area contributed by atoms with Crippen LogP contribution in [0.2, 0.25) is 5.02 Å². The number of halogens is 2. The monoisotopic (exact) mass is 359 g/mol. The van der Waals surface area contributed by atoms with Crippen LogP contribution in [0.3, 0.4) is 0 Å². The maximum absolute atomic E-state index is 9.30. The van der Waals surface area contributed by atoms with Crippen LogP contribution >= 0.6 is 27.5 Å². The van der Waals surface area contributed by atoms with Gasteiger partial charge in [-0.15, -0.1) is 0 Å². The number of hydrogen-bond donors (Lipinski definition) is 0. The largest absolute Gasteiger partial charge is 0.263 e. The van der Waals surface area contributed by atoms with Crippen molar-refractivity contribution < 1.29 is 0 Å². The average Bonchev–Trinajstić information content (AvgIpc) is 2.88. The molecule has 0 bridgehead atoms. The molecule has 0 radical (unpaired) electrons. The highest BCUT2D eigenvalue weighted by molar-refractivity contribution is 9.10. The minimum Gasteiger partial charge on any atom is -0.263 e. The van der Waals surface area contributed by atoms with Gasteiger partial charge in [0.1, 0.15) is 6.07 Å². The lowest BCUT2D eigenvalue weighted by atomic mass is 10.1. The Labute approximate surface area is 135 Å². The number of fused-ring (bicyclic) bond motifs is 1. The van der Waals surface area contributed by atoms with E-state index < -0.39 is 0 Å². The van der Waals surface area contributed by atoms with E-state index in [2.05, 4.69) is 27.1 Å². The highest BCUT2D eigenvalue weighted by Gasteiger charge is 2.10. The Hall–Kier alpha value is -1.83. The van der Waals surface area contributed by atoms with Gasteiger partial charge in [0.25, 0.3) is 0 Å². The molecule has 3 aromatic rings. The third-order valence-corrected chi connectivity index (χ3v) is 4.20. The lowest BCUT2D eigenvalue weighted by Gasteiger charge is -2.07. The van der Waals surface area contributed by atoms with Crippen molar-refractivity contribution in [2.75, 3.05) is 0 Å². The molecule has 2 aromatic carbocycles. The van der Waals surface area contributed by atoms with E-state index in [1.165, 1.54) is 0 Å². The van der Waals surface area contributed by atoms with Gasteiger partial charge < -0.3 is 0 Å². The van der Waals surface area contributed by atoms with Gasteiger partial charge >= 0.3 is 0 Å². The fourth-order valence-corrected chi connectivity index (χ4v) is 3.08. The predicted octanol–water partition coefficient (Wildman–Crippen LogP) is 4.57. The van der Waals surface area contributed by atoms with Crippen molar-refractivity contribution in [1.29, 1.82) is 5.26 Å². The zero-order chi connectivity index (χ0) is 14.8. The predicted molar refractivity (Wildman–Crippen MR) is 87.3 cm³/mol. The van der Waals surface area contributed by atoms with E-state index in [0.717, 1.165) is 32.4 Å². The molecule has 3 nitrogen and oxygen atoms in total. The van der Waals surface area contributed by atoms with Gasteiger partial charge in [-0.25, -0.2) is 0 Å². The van der Waals surface area contributed by atoms with Crippen LogP contribution in [0, 0.1) is 11.3 Å². The molecule has 3 rings (SSSR count). The molecule has 0 N–H and O–H groups in total.